The molecule has 2 aromatic carbocycles. The highest BCUT2D eigenvalue weighted by Gasteiger charge is 2.39. The largest absolute Gasteiger partial charge is 0.277 e. The minimum atomic E-state index is -0.549. The van der Waals surface area contributed by atoms with E-state index in [1.54, 1.807) is 49.4 Å². The summed E-state index contributed by atoms with van der Waals surface area (Å²) in [5, 5.41) is 0.960. The van der Waals surface area contributed by atoms with Crippen LogP contribution < -0.4 is 4.90 Å². The molecule has 23 heavy (non-hydrogen) atoms. The molecule has 2 aromatic rings. The number of benzene rings is 2. The van der Waals surface area contributed by atoms with Crippen LogP contribution in [-0.2, 0) is 9.59 Å². The molecule has 0 unspecified atom stereocenters. The van der Waals surface area contributed by atoms with E-state index in [2.05, 4.69) is 0 Å². The molecule has 0 atom stereocenters. The van der Waals surface area contributed by atoms with Gasteiger partial charge in [0.2, 0.25) is 0 Å². The minimum Gasteiger partial charge on any atom is -0.268 e. The van der Waals surface area contributed by atoms with E-state index >= 15 is 0 Å². The van der Waals surface area contributed by atoms with Crippen LogP contribution in [-0.4, -0.2) is 11.8 Å². The first-order valence-electron chi connectivity index (χ1n) is 6.71. The number of carbonyl (C=O) groups excluding carboxylic acids is 2. The topological polar surface area (TPSA) is 37.4 Å². The van der Waals surface area contributed by atoms with Crippen molar-refractivity contribution in [2.24, 2.45) is 0 Å². The lowest BCUT2D eigenvalue weighted by atomic mass is 10.1. The van der Waals surface area contributed by atoms with Crippen LogP contribution in [0.2, 0.25) is 10.0 Å². The lowest BCUT2D eigenvalue weighted by molar-refractivity contribution is -0.119. The van der Waals surface area contributed by atoms with Gasteiger partial charge in [-0.3, -0.25) is 9.59 Å². The van der Waals surface area contributed by atoms with Crippen LogP contribution >= 0.6 is 34.8 Å². The average molecular weight is 367 g/mol. The van der Waals surface area contributed by atoms with E-state index in [9.17, 15) is 9.59 Å². The van der Waals surface area contributed by atoms with Gasteiger partial charge in [0.1, 0.15) is 5.03 Å². The fourth-order valence-corrected chi connectivity index (χ4v) is 3.09. The Hall–Kier alpha value is -1.81. The van der Waals surface area contributed by atoms with Gasteiger partial charge in [-0.05, 0) is 48.4 Å². The van der Waals surface area contributed by atoms with Crippen molar-refractivity contribution in [3.8, 4) is 0 Å². The molecular formula is C17H10Cl3NO2. The third-order valence-electron chi connectivity index (χ3n) is 3.56. The molecule has 1 heterocycles. The zero-order valence-electron chi connectivity index (χ0n) is 11.9. The number of nitrogens with zero attached hydrogens (tertiary/aromatic N) is 1. The van der Waals surface area contributed by atoms with Crippen molar-refractivity contribution in [2.75, 3.05) is 4.90 Å². The fraction of sp³-hybridized carbons (Fsp3) is 0.0588. The third-order valence-corrected chi connectivity index (χ3v) is 4.40. The molecule has 3 nitrogen and oxygen atoms in total. The monoisotopic (exact) mass is 365 g/mol. The molecule has 0 spiro atoms. The second kappa shape index (κ2) is 6.00. The Labute approximate surface area is 148 Å². The number of amides is 2. The summed E-state index contributed by atoms with van der Waals surface area (Å²) in [5.41, 5.74) is 1.89. The van der Waals surface area contributed by atoms with Crippen molar-refractivity contribution in [1.29, 1.82) is 0 Å². The highest BCUT2D eigenvalue weighted by atomic mass is 35.5. The van der Waals surface area contributed by atoms with E-state index in [1.807, 2.05) is 0 Å². The molecule has 0 N–H and O–H groups in total. The fourth-order valence-electron chi connectivity index (χ4n) is 2.46. The Balaban J connectivity index is 2.07. The standard InChI is InChI=1S/C17H10Cl3NO2/c1-9-8-12(19)6-7-13(9)21-16(22)14(15(20)17(21)23)10-2-4-11(18)5-3-10/h2-8H,1H3. The Morgan fingerprint density at radius 3 is 2.04 bits per heavy atom. The third kappa shape index (κ3) is 2.76. The Bertz CT molecular complexity index is 857. The molecule has 0 saturated heterocycles. The Kier molecular flexibility index (Phi) is 4.19. The van der Waals surface area contributed by atoms with Crippen LogP contribution in [0.4, 0.5) is 5.69 Å². The normalized spacial score (nSPS) is 14.9. The van der Waals surface area contributed by atoms with Crippen LogP contribution in [0, 0.1) is 6.92 Å². The highest BCUT2D eigenvalue weighted by molar-refractivity contribution is 6.60. The van der Waals surface area contributed by atoms with E-state index in [4.69, 9.17) is 34.8 Å². The molecule has 3 rings (SSSR count). The lowest BCUT2D eigenvalue weighted by Gasteiger charge is -2.17. The van der Waals surface area contributed by atoms with Crippen molar-refractivity contribution < 1.29 is 9.59 Å². The summed E-state index contributed by atoms with van der Waals surface area (Å²) in [6.45, 7) is 1.77. The summed E-state index contributed by atoms with van der Waals surface area (Å²) >= 11 is 17.9. The van der Waals surface area contributed by atoms with Crippen LogP contribution in [0.1, 0.15) is 11.1 Å². The number of halogens is 3. The van der Waals surface area contributed by atoms with Crippen LogP contribution in [0.3, 0.4) is 0 Å². The molecule has 0 aromatic heterocycles. The molecular weight excluding hydrogens is 357 g/mol. The summed E-state index contributed by atoms with van der Waals surface area (Å²) in [7, 11) is 0. The van der Waals surface area contributed by atoms with E-state index in [-0.39, 0.29) is 10.6 Å². The summed E-state index contributed by atoms with van der Waals surface area (Å²) in [6, 6.07) is 11.5. The van der Waals surface area contributed by atoms with E-state index < -0.39 is 11.8 Å². The van der Waals surface area contributed by atoms with Gasteiger partial charge in [0.15, 0.2) is 0 Å². The molecule has 6 heteroatoms. The number of carbonyl (C=O) groups is 2. The molecule has 0 saturated carbocycles. The summed E-state index contributed by atoms with van der Waals surface area (Å²) in [5.74, 6) is -1.01. The van der Waals surface area contributed by atoms with Crippen LogP contribution in [0.15, 0.2) is 47.5 Å². The van der Waals surface area contributed by atoms with Gasteiger partial charge in [-0.25, -0.2) is 4.90 Å². The van der Waals surface area contributed by atoms with Crippen molar-refractivity contribution in [2.45, 2.75) is 6.92 Å². The van der Waals surface area contributed by atoms with Gasteiger partial charge < -0.3 is 0 Å². The van der Waals surface area contributed by atoms with E-state index in [0.29, 0.717) is 26.9 Å². The van der Waals surface area contributed by atoms with Gasteiger partial charge >= 0.3 is 0 Å². The van der Waals surface area contributed by atoms with Crippen molar-refractivity contribution in [1.82, 2.24) is 0 Å². The smallest absolute Gasteiger partial charge is 0.268 e. The maximum Gasteiger partial charge on any atom is 0.277 e. The Morgan fingerprint density at radius 1 is 0.826 bits per heavy atom. The zero-order valence-corrected chi connectivity index (χ0v) is 14.2. The molecule has 1 aliphatic rings. The molecule has 116 valence electrons. The second-order valence-corrected chi connectivity index (χ2v) is 6.32. The minimum absolute atomic E-state index is 0.105. The first-order chi connectivity index (χ1) is 10.9. The van der Waals surface area contributed by atoms with Gasteiger partial charge in [0, 0.05) is 10.0 Å². The number of aryl methyl sites for hydroxylation is 1. The predicted octanol–water partition coefficient (Wildman–Crippen LogP) is 4.83. The molecule has 2 amide bonds. The molecule has 0 fully saturated rings. The van der Waals surface area contributed by atoms with E-state index in [1.165, 1.54) is 0 Å². The van der Waals surface area contributed by atoms with Crippen molar-refractivity contribution in [3.63, 3.8) is 0 Å². The number of anilines is 1. The molecule has 0 bridgehead atoms. The second-order valence-electron chi connectivity index (χ2n) is 5.07. The van der Waals surface area contributed by atoms with Gasteiger partial charge in [0.25, 0.3) is 11.8 Å². The predicted molar refractivity (Wildman–Crippen MR) is 92.9 cm³/mol. The quantitative estimate of drug-likeness (QED) is 0.714. The van der Waals surface area contributed by atoms with Crippen molar-refractivity contribution >= 4 is 57.9 Å². The summed E-state index contributed by atoms with van der Waals surface area (Å²) in [4.78, 5) is 26.3. The highest BCUT2D eigenvalue weighted by Crippen LogP contribution is 2.36. The lowest BCUT2D eigenvalue weighted by Crippen LogP contribution is -2.31. The van der Waals surface area contributed by atoms with Crippen LogP contribution in [0.5, 0.6) is 0 Å². The van der Waals surface area contributed by atoms with Crippen molar-refractivity contribution in [3.05, 3.63) is 68.7 Å². The zero-order chi connectivity index (χ0) is 16.7. The first-order valence-corrected chi connectivity index (χ1v) is 7.84. The maximum absolute atomic E-state index is 12.7. The number of hydrogen-bond acceptors (Lipinski definition) is 2. The summed E-state index contributed by atoms with van der Waals surface area (Å²) < 4.78 is 0. The molecule has 1 aliphatic heterocycles. The molecule has 0 radical (unpaired) electrons. The maximum atomic E-state index is 12.7. The first kappa shape index (κ1) is 16.1. The Morgan fingerprint density at radius 2 is 1.43 bits per heavy atom. The van der Waals surface area contributed by atoms with Crippen LogP contribution in [0.25, 0.3) is 5.57 Å². The summed E-state index contributed by atoms with van der Waals surface area (Å²) in [6.07, 6.45) is 0. The molecule has 0 aliphatic carbocycles. The number of imide groups is 1. The average Bonchev–Trinajstić information content (AvgIpc) is 2.72. The van der Waals surface area contributed by atoms with Gasteiger partial charge in [-0.15, -0.1) is 0 Å². The van der Waals surface area contributed by atoms with Gasteiger partial charge in [-0.1, -0.05) is 46.9 Å². The SMILES string of the molecule is Cc1cc(Cl)ccc1N1C(=O)C(Cl)=C(c2ccc(Cl)cc2)C1=O. The van der Waals surface area contributed by atoms with E-state index in [0.717, 1.165) is 4.90 Å². The van der Waals surface area contributed by atoms with Gasteiger partial charge in [-0.2, -0.15) is 0 Å². The number of hydrogen-bond donors (Lipinski definition) is 0. The van der Waals surface area contributed by atoms with Gasteiger partial charge in [0.05, 0.1) is 11.3 Å². The number of rotatable bonds is 2.